The van der Waals surface area contributed by atoms with Gasteiger partial charge in [0.2, 0.25) is 5.91 Å². The molecule has 3 rings (SSSR count). The molecule has 3 aromatic rings. The Morgan fingerprint density at radius 3 is 2.93 bits per heavy atom. The van der Waals surface area contributed by atoms with Crippen molar-refractivity contribution in [3.8, 4) is 5.75 Å². The van der Waals surface area contributed by atoms with Gasteiger partial charge in [-0.05, 0) is 55.7 Å². The number of aromatic nitrogens is 1. The molecule has 0 unspecified atom stereocenters. The second kappa shape index (κ2) is 10.0. The standard InChI is InChI=1S/C21H24N2O3S/c1-2-25-10-3-4-11-26-18-7-5-6-16(12-18)13-21(24)23-17-8-9-19-20(14-17)27-15-22-19/h5-9,12,14-15H,2-4,10-11,13H2,1H3,(H,23,24). The van der Waals surface area contributed by atoms with Gasteiger partial charge in [-0.2, -0.15) is 0 Å². The quantitative estimate of drug-likeness (QED) is 0.516. The van der Waals surface area contributed by atoms with Crippen LogP contribution in [0.3, 0.4) is 0 Å². The summed E-state index contributed by atoms with van der Waals surface area (Å²) in [5.41, 5.74) is 4.47. The second-order valence-electron chi connectivity index (χ2n) is 6.16. The van der Waals surface area contributed by atoms with Gasteiger partial charge in [0.05, 0.1) is 28.8 Å². The van der Waals surface area contributed by atoms with Gasteiger partial charge in [-0.1, -0.05) is 12.1 Å². The number of carbonyl (C=O) groups excluding carboxylic acids is 1. The molecule has 0 saturated heterocycles. The van der Waals surface area contributed by atoms with Crippen molar-refractivity contribution in [1.82, 2.24) is 4.98 Å². The SMILES string of the molecule is CCOCCCCOc1cccc(CC(=O)Nc2ccc3ncsc3c2)c1. The average molecular weight is 385 g/mol. The number of benzene rings is 2. The van der Waals surface area contributed by atoms with Crippen LogP contribution < -0.4 is 10.1 Å². The smallest absolute Gasteiger partial charge is 0.228 e. The van der Waals surface area contributed by atoms with Crippen molar-refractivity contribution in [1.29, 1.82) is 0 Å². The van der Waals surface area contributed by atoms with Crippen LogP contribution in [0.5, 0.6) is 5.75 Å². The molecule has 0 spiro atoms. The van der Waals surface area contributed by atoms with Crippen molar-refractivity contribution in [3.63, 3.8) is 0 Å². The van der Waals surface area contributed by atoms with Crippen LogP contribution in [0.4, 0.5) is 5.69 Å². The molecule has 1 N–H and O–H groups in total. The summed E-state index contributed by atoms with van der Waals surface area (Å²) in [7, 11) is 0. The van der Waals surface area contributed by atoms with Gasteiger partial charge in [-0.25, -0.2) is 4.98 Å². The van der Waals surface area contributed by atoms with Gasteiger partial charge < -0.3 is 14.8 Å². The number of rotatable bonds is 10. The summed E-state index contributed by atoms with van der Waals surface area (Å²) in [5.74, 6) is 0.746. The lowest BCUT2D eigenvalue weighted by molar-refractivity contribution is -0.115. The molecule has 0 aliphatic rings. The number of unbranched alkanes of at least 4 members (excludes halogenated alkanes) is 1. The number of hydrogen-bond donors (Lipinski definition) is 1. The molecule has 1 amide bonds. The highest BCUT2D eigenvalue weighted by Crippen LogP contribution is 2.22. The maximum atomic E-state index is 12.4. The highest BCUT2D eigenvalue weighted by atomic mass is 32.1. The Bertz CT molecular complexity index is 878. The molecular weight excluding hydrogens is 360 g/mol. The molecule has 0 aliphatic carbocycles. The first-order valence-corrected chi connectivity index (χ1v) is 10.0. The minimum atomic E-state index is -0.0484. The molecular formula is C21H24N2O3S. The molecule has 0 saturated carbocycles. The van der Waals surface area contributed by atoms with Gasteiger partial charge >= 0.3 is 0 Å². The molecule has 142 valence electrons. The minimum Gasteiger partial charge on any atom is -0.494 e. The van der Waals surface area contributed by atoms with E-state index in [1.165, 1.54) is 0 Å². The molecule has 0 aliphatic heterocycles. The fourth-order valence-electron chi connectivity index (χ4n) is 2.71. The summed E-state index contributed by atoms with van der Waals surface area (Å²) in [6, 6.07) is 13.4. The van der Waals surface area contributed by atoms with Gasteiger partial charge in [0.25, 0.3) is 0 Å². The van der Waals surface area contributed by atoms with Crippen molar-refractivity contribution >= 4 is 33.1 Å². The minimum absolute atomic E-state index is 0.0484. The largest absolute Gasteiger partial charge is 0.494 e. The van der Waals surface area contributed by atoms with E-state index in [2.05, 4.69) is 10.3 Å². The van der Waals surface area contributed by atoms with Crippen LogP contribution in [0.25, 0.3) is 10.2 Å². The number of nitrogens with one attached hydrogen (secondary N) is 1. The first-order valence-electron chi connectivity index (χ1n) is 9.17. The van der Waals surface area contributed by atoms with Crippen LogP contribution in [0.1, 0.15) is 25.3 Å². The summed E-state index contributed by atoms with van der Waals surface area (Å²) in [4.78, 5) is 16.6. The lowest BCUT2D eigenvalue weighted by Crippen LogP contribution is -2.14. The highest BCUT2D eigenvalue weighted by Gasteiger charge is 2.07. The monoisotopic (exact) mass is 384 g/mol. The molecule has 0 radical (unpaired) electrons. The number of anilines is 1. The zero-order valence-electron chi connectivity index (χ0n) is 15.4. The van der Waals surface area contributed by atoms with Crippen molar-refractivity contribution < 1.29 is 14.3 Å². The van der Waals surface area contributed by atoms with Crippen LogP contribution in [0, 0.1) is 0 Å². The van der Waals surface area contributed by atoms with Crippen LogP contribution in [0.2, 0.25) is 0 Å². The Hall–Kier alpha value is -2.44. The third-order valence-electron chi connectivity index (χ3n) is 4.03. The van der Waals surface area contributed by atoms with Crippen molar-refractivity contribution in [2.75, 3.05) is 25.1 Å². The van der Waals surface area contributed by atoms with Crippen molar-refractivity contribution in [2.24, 2.45) is 0 Å². The number of nitrogens with zero attached hydrogens (tertiary/aromatic N) is 1. The van der Waals surface area contributed by atoms with Crippen molar-refractivity contribution in [2.45, 2.75) is 26.2 Å². The summed E-state index contributed by atoms with van der Waals surface area (Å²) >= 11 is 1.56. The average Bonchev–Trinajstić information content (AvgIpc) is 3.12. The number of thiazole rings is 1. The molecule has 6 heteroatoms. The van der Waals surface area contributed by atoms with E-state index >= 15 is 0 Å². The lowest BCUT2D eigenvalue weighted by Gasteiger charge is -2.09. The molecule has 0 bridgehead atoms. The fraction of sp³-hybridized carbons (Fsp3) is 0.333. The van der Waals surface area contributed by atoms with Gasteiger partial charge in [-0.3, -0.25) is 4.79 Å². The highest BCUT2D eigenvalue weighted by molar-refractivity contribution is 7.16. The number of amides is 1. The summed E-state index contributed by atoms with van der Waals surface area (Å²) in [6.45, 7) is 4.17. The molecule has 1 aromatic heterocycles. The summed E-state index contributed by atoms with van der Waals surface area (Å²) in [5, 5.41) is 2.95. The van der Waals surface area contributed by atoms with Crippen LogP contribution in [0.15, 0.2) is 48.0 Å². The molecule has 5 nitrogen and oxygen atoms in total. The van der Waals surface area contributed by atoms with E-state index in [9.17, 15) is 4.79 Å². The normalized spacial score (nSPS) is 10.9. The topological polar surface area (TPSA) is 60.5 Å². The fourth-order valence-corrected chi connectivity index (χ4v) is 3.43. The number of hydrogen-bond acceptors (Lipinski definition) is 5. The van der Waals surface area contributed by atoms with Gasteiger partial charge in [0, 0.05) is 18.9 Å². The first-order chi connectivity index (χ1) is 13.2. The molecule has 27 heavy (non-hydrogen) atoms. The maximum Gasteiger partial charge on any atom is 0.228 e. The zero-order valence-corrected chi connectivity index (χ0v) is 16.3. The summed E-state index contributed by atoms with van der Waals surface area (Å²) in [6.07, 6.45) is 2.24. The Balaban J connectivity index is 1.48. The van der Waals surface area contributed by atoms with E-state index < -0.39 is 0 Å². The van der Waals surface area contributed by atoms with Crippen molar-refractivity contribution in [3.05, 3.63) is 53.5 Å². The molecule has 1 heterocycles. The second-order valence-corrected chi connectivity index (χ2v) is 7.05. The predicted molar refractivity (Wildman–Crippen MR) is 110 cm³/mol. The van der Waals surface area contributed by atoms with Crippen LogP contribution >= 0.6 is 11.3 Å². The van der Waals surface area contributed by atoms with Crippen LogP contribution in [-0.2, 0) is 16.0 Å². The van der Waals surface area contributed by atoms with Gasteiger partial charge in [0.15, 0.2) is 0 Å². The third kappa shape index (κ3) is 6.05. The van der Waals surface area contributed by atoms with Gasteiger partial charge in [-0.15, -0.1) is 11.3 Å². The van der Waals surface area contributed by atoms with E-state index in [-0.39, 0.29) is 5.91 Å². The lowest BCUT2D eigenvalue weighted by atomic mass is 10.1. The molecule has 2 aromatic carbocycles. The van der Waals surface area contributed by atoms with E-state index in [4.69, 9.17) is 9.47 Å². The van der Waals surface area contributed by atoms with E-state index in [1.807, 2.05) is 49.4 Å². The Morgan fingerprint density at radius 1 is 1.15 bits per heavy atom. The Morgan fingerprint density at radius 2 is 2.04 bits per heavy atom. The van der Waals surface area contributed by atoms with Gasteiger partial charge in [0.1, 0.15) is 5.75 Å². The number of carbonyl (C=O) groups is 1. The van der Waals surface area contributed by atoms with E-state index in [1.54, 1.807) is 16.8 Å². The zero-order chi connectivity index (χ0) is 18.9. The Labute approximate surface area is 163 Å². The van der Waals surface area contributed by atoms with E-state index in [0.29, 0.717) is 13.0 Å². The number of ether oxygens (including phenoxy) is 2. The maximum absolute atomic E-state index is 12.4. The number of fused-ring (bicyclic) bond motifs is 1. The van der Waals surface area contributed by atoms with E-state index in [0.717, 1.165) is 53.3 Å². The first kappa shape index (κ1) is 19.3. The predicted octanol–water partition coefficient (Wildman–Crippen LogP) is 4.67. The summed E-state index contributed by atoms with van der Waals surface area (Å²) < 4.78 is 12.1. The molecule has 0 fully saturated rings. The Kier molecular flexibility index (Phi) is 7.19. The molecule has 0 atom stereocenters. The van der Waals surface area contributed by atoms with Crippen LogP contribution in [-0.4, -0.2) is 30.7 Å². The third-order valence-corrected chi connectivity index (χ3v) is 4.83.